The molecule has 1 aliphatic rings. The third-order valence-electron chi connectivity index (χ3n) is 5.21. The Labute approximate surface area is 159 Å². The van der Waals surface area contributed by atoms with Crippen LogP contribution in [0.3, 0.4) is 0 Å². The molecule has 0 radical (unpaired) electrons. The Morgan fingerprint density at radius 3 is 2.48 bits per heavy atom. The van der Waals surface area contributed by atoms with Crippen LogP contribution in [0, 0.1) is 0 Å². The van der Waals surface area contributed by atoms with Crippen LogP contribution in [0.5, 0.6) is 0 Å². The van der Waals surface area contributed by atoms with Crippen LogP contribution in [0.1, 0.15) is 22.8 Å². The van der Waals surface area contributed by atoms with E-state index in [0.717, 1.165) is 21.9 Å². The van der Waals surface area contributed by atoms with Gasteiger partial charge in [0.05, 0.1) is 6.10 Å². The number of ketones is 1. The summed E-state index contributed by atoms with van der Waals surface area (Å²) in [4.78, 5) is 14.1. The highest BCUT2D eigenvalue weighted by atomic mass is 16.5. The van der Waals surface area contributed by atoms with Crippen molar-refractivity contribution in [3.63, 3.8) is 0 Å². The average Bonchev–Trinajstić information content (AvgIpc) is 2.74. The zero-order valence-electron chi connectivity index (χ0n) is 15.3. The minimum Gasteiger partial charge on any atom is -0.373 e. The van der Waals surface area contributed by atoms with E-state index in [4.69, 9.17) is 4.74 Å². The summed E-state index contributed by atoms with van der Waals surface area (Å²) in [6.07, 6.45) is 7.54. The van der Waals surface area contributed by atoms with Gasteiger partial charge in [-0.1, -0.05) is 97.1 Å². The molecule has 134 valence electrons. The van der Waals surface area contributed by atoms with Gasteiger partial charge in [0.1, 0.15) is 5.41 Å². The second kappa shape index (κ2) is 7.34. The third kappa shape index (κ3) is 2.92. The predicted octanol–water partition coefficient (Wildman–Crippen LogP) is 5.49. The molecule has 2 unspecified atom stereocenters. The fourth-order valence-electron chi connectivity index (χ4n) is 3.94. The van der Waals surface area contributed by atoms with Gasteiger partial charge >= 0.3 is 0 Å². The predicted molar refractivity (Wildman–Crippen MR) is 110 cm³/mol. The second-order valence-corrected chi connectivity index (χ2v) is 6.71. The van der Waals surface area contributed by atoms with Crippen molar-refractivity contribution in [2.45, 2.75) is 18.4 Å². The SMILES string of the molecule is CCOC1C=CC=CC1(C(=O)c1cccc2ccccc12)c1ccccc1. The fourth-order valence-corrected chi connectivity index (χ4v) is 3.94. The number of rotatable bonds is 5. The Morgan fingerprint density at radius 2 is 1.67 bits per heavy atom. The number of Topliss-reactive ketones (excluding diaryl/α,β-unsaturated/α-hetero) is 1. The minimum atomic E-state index is -0.879. The third-order valence-corrected chi connectivity index (χ3v) is 5.21. The summed E-state index contributed by atoms with van der Waals surface area (Å²) in [5.74, 6) is 0.0598. The second-order valence-electron chi connectivity index (χ2n) is 6.71. The maximum Gasteiger partial charge on any atom is 0.180 e. The van der Waals surface area contributed by atoms with E-state index in [0.29, 0.717) is 6.61 Å². The molecule has 2 heteroatoms. The highest BCUT2D eigenvalue weighted by Gasteiger charge is 2.46. The van der Waals surface area contributed by atoms with Gasteiger partial charge in [0, 0.05) is 12.2 Å². The van der Waals surface area contributed by atoms with Crippen LogP contribution >= 0.6 is 0 Å². The molecule has 0 bridgehead atoms. The van der Waals surface area contributed by atoms with E-state index >= 15 is 0 Å². The molecule has 0 saturated heterocycles. The molecule has 0 N–H and O–H groups in total. The van der Waals surface area contributed by atoms with Crippen molar-refractivity contribution in [3.05, 3.63) is 108 Å². The molecule has 0 aliphatic heterocycles. The largest absolute Gasteiger partial charge is 0.373 e. The standard InChI is InChI=1S/C25H22O2/c1-2-27-23-17-8-9-18-25(23,20-13-4-3-5-14-20)24(26)22-16-10-12-19-11-6-7-15-21(19)22/h3-18,23H,2H2,1H3. The molecule has 3 aromatic carbocycles. The van der Waals surface area contributed by atoms with Crippen molar-refractivity contribution >= 4 is 16.6 Å². The highest BCUT2D eigenvalue weighted by molar-refractivity contribution is 6.14. The lowest BCUT2D eigenvalue weighted by Gasteiger charge is -2.37. The Morgan fingerprint density at radius 1 is 0.926 bits per heavy atom. The van der Waals surface area contributed by atoms with E-state index < -0.39 is 5.41 Å². The zero-order chi connectivity index (χ0) is 18.7. The molecule has 1 aliphatic carbocycles. The van der Waals surface area contributed by atoms with E-state index in [2.05, 4.69) is 0 Å². The van der Waals surface area contributed by atoms with Gasteiger partial charge in [-0.25, -0.2) is 0 Å². The summed E-state index contributed by atoms with van der Waals surface area (Å²) in [7, 11) is 0. The first-order valence-corrected chi connectivity index (χ1v) is 9.33. The van der Waals surface area contributed by atoms with Crippen LogP contribution in [-0.2, 0) is 10.2 Å². The Bertz CT molecular complexity index is 1010. The van der Waals surface area contributed by atoms with Crippen molar-refractivity contribution in [1.29, 1.82) is 0 Å². The van der Waals surface area contributed by atoms with Crippen molar-refractivity contribution < 1.29 is 9.53 Å². The van der Waals surface area contributed by atoms with Crippen molar-refractivity contribution in [3.8, 4) is 0 Å². The number of hydrogen-bond donors (Lipinski definition) is 0. The number of hydrogen-bond acceptors (Lipinski definition) is 2. The van der Waals surface area contributed by atoms with E-state index in [-0.39, 0.29) is 11.9 Å². The minimum absolute atomic E-state index is 0.0598. The average molecular weight is 354 g/mol. The van der Waals surface area contributed by atoms with Crippen LogP contribution in [0.15, 0.2) is 97.1 Å². The van der Waals surface area contributed by atoms with Crippen molar-refractivity contribution in [2.75, 3.05) is 6.61 Å². The summed E-state index contributed by atoms with van der Waals surface area (Å²) >= 11 is 0. The molecule has 0 heterocycles. The van der Waals surface area contributed by atoms with Crippen LogP contribution in [0.25, 0.3) is 10.8 Å². The smallest absolute Gasteiger partial charge is 0.180 e. The molecule has 0 amide bonds. The van der Waals surface area contributed by atoms with Crippen LogP contribution in [-0.4, -0.2) is 18.5 Å². The molecule has 2 atom stereocenters. The van der Waals surface area contributed by atoms with Crippen LogP contribution in [0.4, 0.5) is 0 Å². The molecule has 0 saturated carbocycles. The maximum atomic E-state index is 14.1. The number of fused-ring (bicyclic) bond motifs is 1. The zero-order valence-corrected chi connectivity index (χ0v) is 15.3. The number of allylic oxidation sites excluding steroid dienone is 2. The summed E-state index contributed by atoms with van der Waals surface area (Å²) in [5.41, 5.74) is 0.791. The number of ether oxygens (including phenoxy) is 1. The van der Waals surface area contributed by atoms with Gasteiger partial charge in [0.25, 0.3) is 0 Å². The van der Waals surface area contributed by atoms with Crippen LogP contribution < -0.4 is 0 Å². The Balaban J connectivity index is 1.95. The molecular weight excluding hydrogens is 332 g/mol. The molecular formula is C25H22O2. The Hall–Kier alpha value is -2.97. The van der Waals surface area contributed by atoms with Gasteiger partial charge in [-0.3, -0.25) is 4.79 Å². The number of carbonyl (C=O) groups excluding carboxylic acids is 1. The topological polar surface area (TPSA) is 26.3 Å². The van der Waals surface area contributed by atoms with Gasteiger partial charge in [-0.15, -0.1) is 0 Å². The Kier molecular flexibility index (Phi) is 4.74. The fraction of sp³-hybridized carbons (Fsp3) is 0.160. The van der Waals surface area contributed by atoms with E-state index in [9.17, 15) is 4.79 Å². The van der Waals surface area contributed by atoms with E-state index in [1.165, 1.54) is 0 Å². The van der Waals surface area contributed by atoms with Crippen LogP contribution in [0.2, 0.25) is 0 Å². The normalized spacial score (nSPS) is 21.4. The first-order valence-electron chi connectivity index (χ1n) is 9.33. The van der Waals surface area contributed by atoms with Gasteiger partial charge < -0.3 is 4.74 Å². The molecule has 3 aromatic rings. The molecule has 0 fully saturated rings. The monoisotopic (exact) mass is 354 g/mol. The van der Waals surface area contributed by atoms with Gasteiger partial charge in [-0.2, -0.15) is 0 Å². The molecule has 27 heavy (non-hydrogen) atoms. The first kappa shape index (κ1) is 17.4. The van der Waals surface area contributed by atoms with Crippen molar-refractivity contribution in [1.82, 2.24) is 0 Å². The van der Waals surface area contributed by atoms with Gasteiger partial charge in [-0.05, 0) is 23.3 Å². The first-order chi connectivity index (χ1) is 13.3. The summed E-state index contributed by atoms with van der Waals surface area (Å²) in [5, 5.41) is 2.04. The van der Waals surface area contributed by atoms with E-state index in [1.54, 1.807) is 0 Å². The highest BCUT2D eigenvalue weighted by Crippen LogP contribution is 2.39. The summed E-state index contributed by atoms with van der Waals surface area (Å²) in [6.45, 7) is 2.50. The van der Waals surface area contributed by atoms with Gasteiger partial charge in [0.15, 0.2) is 5.78 Å². The number of benzene rings is 3. The summed E-state index contributed by atoms with van der Waals surface area (Å²) < 4.78 is 6.05. The number of carbonyl (C=O) groups is 1. The maximum absolute atomic E-state index is 14.1. The van der Waals surface area contributed by atoms with Gasteiger partial charge in [0.2, 0.25) is 0 Å². The molecule has 2 nitrogen and oxygen atoms in total. The molecule has 4 rings (SSSR count). The summed E-state index contributed by atoms with van der Waals surface area (Å²) in [6, 6.07) is 23.9. The molecule has 0 aromatic heterocycles. The lowest BCUT2D eigenvalue weighted by atomic mass is 9.68. The lowest BCUT2D eigenvalue weighted by Crippen LogP contribution is -2.46. The molecule has 0 spiro atoms. The van der Waals surface area contributed by atoms with E-state index in [1.807, 2.05) is 104 Å². The van der Waals surface area contributed by atoms with Crippen molar-refractivity contribution in [2.24, 2.45) is 0 Å². The lowest BCUT2D eigenvalue weighted by molar-refractivity contribution is 0.0438. The quantitative estimate of drug-likeness (QED) is 0.566.